The number of anilines is 1. The Morgan fingerprint density at radius 2 is 1.38 bits per heavy atom. The molecule has 3 aromatic rings. The standard InChI is InChI=1S/C29H25NO4/c1-19-12-17-24-25(18-19)28(32)30(27(24)31)22-13-15-23(16-14-22)34-29(33)26(20-8-4-2-5-9-20)21-10-6-3-7-11-21/h2-16,24-26H,17-18H2,1H3/t24-,25-/m1/s1. The van der Waals surface area contributed by atoms with Crippen molar-refractivity contribution in [1.82, 2.24) is 0 Å². The van der Waals surface area contributed by atoms with E-state index in [1.165, 1.54) is 4.90 Å². The summed E-state index contributed by atoms with van der Waals surface area (Å²) < 4.78 is 5.73. The molecule has 0 saturated carbocycles. The second-order valence-electron chi connectivity index (χ2n) is 8.88. The highest BCUT2D eigenvalue weighted by Crippen LogP contribution is 2.40. The Kier molecular flexibility index (Phi) is 5.84. The van der Waals surface area contributed by atoms with Crippen LogP contribution in [0.1, 0.15) is 36.8 Å². The van der Waals surface area contributed by atoms with E-state index < -0.39 is 11.9 Å². The predicted molar refractivity (Wildman–Crippen MR) is 129 cm³/mol. The van der Waals surface area contributed by atoms with Crippen LogP contribution < -0.4 is 9.64 Å². The smallest absolute Gasteiger partial charge is 0.323 e. The zero-order valence-corrected chi connectivity index (χ0v) is 18.9. The van der Waals surface area contributed by atoms with E-state index in [2.05, 4.69) is 0 Å². The first-order valence-electron chi connectivity index (χ1n) is 11.5. The molecule has 0 N–H and O–H groups in total. The van der Waals surface area contributed by atoms with E-state index in [4.69, 9.17) is 4.74 Å². The van der Waals surface area contributed by atoms with Crippen LogP contribution in [-0.4, -0.2) is 17.8 Å². The van der Waals surface area contributed by atoms with Crippen LogP contribution in [0.25, 0.3) is 0 Å². The van der Waals surface area contributed by atoms with Gasteiger partial charge in [0.1, 0.15) is 11.7 Å². The zero-order chi connectivity index (χ0) is 23.7. The molecule has 0 bridgehead atoms. The monoisotopic (exact) mass is 451 g/mol. The summed E-state index contributed by atoms with van der Waals surface area (Å²) in [6.45, 7) is 2.00. The molecule has 2 aliphatic rings. The predicted octanol–water partition coefficient (Wildman–Crippen LogP) is 5.27. The normalized spacial score (nSPS) is 19.7. The van der Waals surface area contributed by atoms with Gasteiger partial charge in [0.05, 0.1) is 17.5 Å². The summed E-state index contributed by atoms with van der Waals surface area (Å²) in [4.78, 5) is 40.4. The van der Waals surface area contributed by atoms with Crippen molar-refractivity contribution in [2.75, 3.05) is 4.90 Å². The lowest BCUT2D eigenvalue weighted by Gasteiger charge is -2.19. The van der Waals surface area contributed by atoms with Crippen molar-refractivity contribution >= 4 is 23.5 Å². The summed E-state index contributed by atoms with van der Waals surface area (Å²) in [5, 5.41) is 0. The molecule has 0 radical (unpaired) electrons. The second kappa shape index (κ2) is 9.10. The van der Waals surface area contributed by atoms with Crippen molar-refractivity contribution in [2.45, 2.75) is 25.7 Å². The van der Waals surface area contributed by atoms with Crippen LogP contribution in [-0.2, 0) is 14.4 Å². The number of allylic oxidation sites excluding steroid dienone is 2. The van der Waals surface area contributed by atoms with Gasteiger partial charge in [0, 0.05) is 0 Å². The van der Waals surface area contributed by atoms with Crippen LogP contribution in [0.4, 0.5) is 5.69 Å². The van der Waals surface area contributed by atoms with Gasteiger partial charge in [-0.2, -0.15) is 0 Å². The van der Waals surface area contributed by atoms with Crippen LogP contribution in [0, 0.1) is 11.8 Å². The fourth-order valence-corrected chi connectivity index (χ4v) is 4.89. The fourth-order valence-electron chi connectivity index (χ4n) is 4.89. The van der Waals surface area contributed by atoms with Crippen LogP contribution in [0.5, 0.6) is 5.75 Å². The highest BCUT2D eigenvalue weighted by molar-refractivity contribution is 6.22. The van der Waals surface area contributed by atoms with Gasteiger partial charge in [0.25, 0.3) is 0 Å². The quantitative estimate of drug-likeness (QED) is 0.229. The van der Waals surface area contributed by atoms with E-state index in [1.807, 2.05) is 73.7 Å². The van der Waals surface area contributed by atoms with Gasteiger partial charge in [0.15, 0.2) is 0 Å². The highest BCUT2D eigenvalue weighted by atomic mass is 16.5. The molecule has 170 valence electrons. The first-order chi connectivity index (χ1) is 16.5. The average Bonchev–Trinajstić information content (AvgIpc) is 3.10. The second-order valence-corrected chi connectivity index (χ2v) is 8.88. The lowest BCUT2D eigenvalue weighted by atomic mass is 9.82. The van der Waals surface area contributed by atoms with Gasteiger partial charge in [-0.25, -0.2) is 0 Å². The maximum absolute atomic E-state index is 13.2. The molecule has 0 unspecified atom stereocenters. The number of carbonyl (C=O) groups is 3. The summed E-state index contributed by atoms with van der Waals surface area (Å²) in [6.07, 6.45) is 3.28. The lowest BCUT2D eigenvalue weighted by Crippen LogP contribution is -2.30. The number of esters is 1. The van der Waals surface area contributed by atoms with E-state index >= 15 is 0 Å². The Balaban J connectivity index is 1.35. The van der Waals surface area contributed by atoms with Crippen LogP contribution >= 0.6 is 0 Å². The van der Waals surface area contributed by atoms with Gasteiger partial charge in [-0.15, -0.1) is 0 Å². The molecule has 1 saturated heterocycles. The molecule has 5 heteroatoms. The SMILES string of the molecule is CC1=CC[C@H]2C(=O)N(c3ccc(OC(=O)C(c4ccccc4)c4ccccc4)cc3)C(=O)[C@@H]2C1. The van der Waals surface area contributed by atoms with Crippen molar-refractivity contribution in [3.63, 3.8) is 0 Å². The molecular formula is C29H25NO4. The Morgan fingerprint density at radius 3 is 1.97 bits per heavy atom. The van der Waals surface area contributed by atoms with Crippen LogP contribution in [0.2, 0.25) is 0 Å². The molecule has 0 aromatic heterocycles. The molecule has 1 fully saturated rings. The average molecular weight is 452 g/mol. The minimum absolute atomic E-state index is 0.152. The van der Waals surface area contributed by atoms with E-state index in [0.29, 0.717) is 24.3 Å². The zero-order valence-electron chi connectivity index (χ0n) is 18.9. The Labute approximate surface area is 198 Å². The number of imide groups is 1. The first-order valence-corrected chi connectivity index (χ1v) is 11.5. The van der Waals surface area contributed by atoms with Gasteiger partial charge in [-0.05, 0) is 55.2 Å². The number of carbonyl (C=O) groups excluding carboxylic acids is 3. The summed E-state index contributed by atoms with van der Waals surface area (Å²) in [5.74, 6) is -1.48. The van der Waals surface area contributed by atoms with Crippen molar-refractivity contribution in [3.8, 4) is 5.75 Å². The fraction of sp³-hybridized carbons (Fsp3) is 0.207. The van der Waals surface area contributed by atoms with E-state index in [0.717, 1.165) is 16.7 Å². The van der Waals surface area contributed by atoms with Crippen molar-refractivity contribution < 1.29 is 19.1 Å². The minimum atomic E-state index is -0.567. The van der Waals surface area contributed by atoms with E-state index in [-0.39, 0.29) is 23.7 Å². The number of rotatable bonds is 5. The number of fused-ring (bicyclic) bond motifs is 1. The van der Waals surface area contributed by atoms with Crippen LogP contribution in [0.3, 0.4) is 0 Å². The topological polar surface area (TPSA) is 63.7 Å². The molecular weight excluding hydrogens is 426 g/mol. The van der Waals surface area contributed by atoms with Crippen molar-refractivity contribution in [3.05, 3.63) is 108 Å². The summed E-state index contributed by atoms with van der Waals surface area (Å²) in [5.41, 5.74) is 3.34. The van der Waals surface area contributed by atoms with Gasteiger partial charge in [-0.3, -0.25) is 19.3 Å². The number of amides is 2. The molecule has 1 aliphatic heterocycles. The number of benzene rings is 3. The third kappa shape index (κ3) is 4.05. The maximum Gasteiger partial charge on any atom is 0.323 e. The molecule has 0 spiro atoms. The molecule has 3 aromatic carbocycles. The summed E-state index contributed by atoms with van der Waals surface area (Å²) >= 11 is 0. The Bertz CT molecular complexity index is 1210. The molecule has 2 atom stereocenters. The molecule has 1 aliphatic carbocycles. The molecule has 34 heavy (non-hydrogen) atoms. The molecule has 5 rings (SSSR count). The van der Waals surface area contributed by atoms with Gasteiger partial charge >= 0.3 is 5.97 Å². The summed E-state index contributed by atoms with van der Waals surface area (Å²) in [6, 6.07) is 25.6. The molecule has 1 heterocycles. The number of ether oxygens (including phenoxy) is 1. The Hall–Kier alpha value is -3.99. The Morgan fingerprint density at radius 1 is 0.824 bits per heavy atom. The number of nitrogens with zero attached hydrogens (tertiary/aromatic N) is 1. The molecule has 5 nitrogen and oxygen atoms in total. The third-order valence-electron chi connectivity index (χ3n) is 6.64. The van der Waals surface area contributed by atoms with E-state index in [1.54, 1.807) is 24.3 Å². The van der Waals surface area contributed by atoms with Gasteiger partial charge in [-0.1, -0.05) is 72.3 Å². The van der Waals surface area contributed by atoms with Crippen molar-refractivity contribution in [2.24, 2.45) is 11.8 Å². The summed E-state index contributed by atoms with van der Waals surface area (Å²) in [7, 11) is 0. The molecule has 2 amide bonds. The van der Waals surface area contributed by atoms with Crippen molar-refractivity contribution in [1.29, 1.82) is 0 Å². The lowest BCUT2D eigenvalue weighted by molar-refractivity contribution is -0.135. The number of hydrogen-bond acceptors (Lipinski definition) is 4. The van der Waals surface area contributed by atoms with E-state index in [9.17, 15) is 14.4 Å². The number of hydrogen-bond donors (Lipinski definition) is 0. The van der Waals surface area contributed by atoms with Crippen LogP contribution in [0.15, 0.2) is 96.6 Å². The highest BCUT2D eigenvalue weighted by Gasteiger charge is 2.48. The third-order valence-corrected chi connectivity index (χ3v) is 6.64. The first kappa shape index (κ1) is 21.8. The largest absolute Gasteiger partial charge is 0.426 e. The van der Waals surface area contributed by atoms with Gasteiger partial charge < -0.3 is 4.74 Å². The minimum Gasteiger partial charge on any atom is -0.426 e. The van der Waals surface area contributed by atoms with Gasteiger partial charge in [0.2, 0.25) is 11.8 Å². The maximum atomic E-state index is 13.2.